The summed E-state index contributed by atoms with van der Waals surface area (Å²) in [6.07, 6.45) is 2.31. The van der Waals surface area contributed by atoms with Crippen molar-refractivity contribution in [3.8, 4) is 0 Å². The Labute approximate surface area is 141 Å². The largest absolute Gasteiger partial charge is 0.334 e. The Bertz CT molecular complexity index is 658. The van der Waals surface area contributed by atoms with Crippen molar-refractivity contribution >= 4 is 27.3 Å². The van der Waals surface area contributed by atoms with Crippen LogP contribution < -0.4 is 0 Å². The fraction of sp³-hybridized carbons (Fsp3) is 0.562. The highest BCUT2D eigenvalue weighted by Crippen LogP contribution is 2.26. The van der Waals surface area contributed by atoms with Crippen molar-refractivity contribution in [2.45, 2.75) is 45.2 Å². The van der Waals surface area contributed by atoms with Crippen LogP contribution in [0.3, 0.4) is 0 Å². The second kappa shape index (κ2) is 7.62. The van der Waals surface area contributed by atoms with E-state index in [1.807, 2.05) is 6.92 Å². The van der Waals surface area contributed by atoms with Crippen LogP contribution in [0.5, 0.6) is 0 Å². The first-order valence-electron chi connectivity index (χ1n) is 7.77. The first-order chi connectivity index (χ1) is 10.8. The summed E-state index contributed by atoms with van der Waals surface area (Å²) in [6, 6.07) is 3.96. The Morgan fingerprint density at radius 1 is 1.43 bits per heavy atom. The van der Waals surface area contributed by atoms with E-state index >= 15 is 0 Å². The van der Waals surface area contributed by atoms with Crippen LogP contribution in [0.15, 0.2) is 18.2 Å². The molecule has 23 heavy (non-hydrogen) atoms. The third kappa shape index (κ3) is 4.67. The Balaban J connectivity index is 2.25. The van der Waals surface area contributed by atoms with Crippen molar-refractivity contribution in [3.63, 3.8) is 0 Å². The van der Waals surface area contributed by atoms with E-state index in [2.05, 4.69) is 0 Å². The summed E-state index contributed by atoms with van der Waals surface area (Å²) in [5, 5.41) is 0.249. The molecule has 0 N–H and O–H groups in total. The van der Waals surface area contributed by atoms with Crippen LogP contribution in [-0.2, 0) is 21.2 Å². The van der Waals surface area contributed by atoms with Crippen LogP contribution in [0.25, 0.3) is 0 Å². The molecule has 0 saturated carbocycles. The molecule has 128 valence electrons. The molecule has 1 aliphatic rings. The Morgan fingerprint density at radius 2 is 2.17 bits per heavy atom. The number of sulfone groups is 1. The SMILES string of the molecule is CCCCC(=O)N(Cc1c(F)cccc1Cl)[C@H]1CCS(=O)(=O)C1. The monoisotopic (exact) mass is 361 g/mol. The van der Waals surface area contributed by atoms with E-state index in [1.54, 1.807) is 6.07 Å². The van der Waals surface area contributed by atoms with Crippen molar-refractivity contribution < 1.29 is 17.6 Å². The number of amides is 1. The molecular formula is C16H21ClFNO3S. The van der Waals surface area contributed by atoms with E-state index in [1.165, 1.54) is 17.0 Å². The van der Waals surface area contributed by atoms with Gasteiger partial charge in [0.25, 0.3) is 0 Å². The predicted molar refractivity (Wildman–Crippen MR) is 88.5 cm³/mol. The van der Waals surface area contributed by atoms with Crippen LogP contribution in [0, 0.1) is 5.82 Å². The van der Waals surface area contributed by atoms with Gasteiger partial charge in [0.15, 0.2) is 9.84 Å². The summed E-state index contributed by atoms with van der Waals surface area (Å²) in [7, 11) is -3.13. The fourth-order valence-corrected chi connectivity index (χ4v) is 4.72. The van der Waals surface area contributed by atoms with Gasteiger partial charge in [-0.15, -0.1) is 0 Å². The lowest BCUT2D eigenvalue weighted by Gasteiger charge is -2.29. The third-order valence-electron chi connectivity index (χ3n) is 4.10. The van der Waals surface area contributed by atoms with Crippen molar-refractivity contribution in [3.05, 3.63) is 34.6 Å². The molecule has 2 rings (SSSR count). The highest BCUT2D eigenvalue weighted by atomic mass is 35.5. The van der Waals surface area contributed by atoms with Crippen LogP contribution in [0.1, 0.15) is 38.2 Å². The molecule has 1 saturated heterocycles. The van der Waals surface area contributed by atoms with Gasteiger partial charge in [-0.2, -0.15) is 0 Å². The van der Waals surface area contributed by atoms with Gasteiger partial charge in [0, 0.05) is 23.0 Å². The number of hydrogen-bond acceptors (Lipinski definition) is 3. The summed E-state index contributed by atoms with van der Waals surface area (Å²) in [5.41, 5.74) is 0.239. The van der Waals surface area contributed by atoms with Gasteiger partial charge < -0.3 is 4.90 Å². The average Bonchev–Trinajstić information content (AvgIpc) is 2.84. The minimum Gasteiger partial charge on any atom is -0.334 e. The molecule has 0 aromatic heterocycles. The Kier molecular flexibility index (Phi) is 6.03. The zero-order valence-electron chi connectivity index (χ0n) is 13.1. The lowest BCUT2D eigenvalue weighted by molar-refractivity contribution is -0.133. The number of carbonyl (C=O) groups is 1. The Morgan fingerprint density at radius 3 is 2.74 bits per heavy atom. The molecule has 1 fully saturated rings. The number of rotatable bonds is 6. The van der Waals surface area contributed by atoms with Crippen molar-refractivity contribution in [2.24, 2.45) is 0 Å². The van der Waals surface area contributed by atoms with Crippen molar-refractivity contribution in [2.75, 3.05) is 11.5 Å². The van der Waals surface area contributed by atoms with Gasteiger partial charge in [-0.25, -0.2) is 12.8 Å². The number of unbranched alkanes of at least 4 members (excludes halogenated alkanes) is 1. The van der Waals surface area contributed by atoms with E-state index in [-0.39, 0.29) is 34.5 Å². The first kappa shape index (κ1) is 18.2. The average molecular weight is 362 g/mol. The highest BCUT2D eigenvalue weighted by Gasteiger charge is 2.35. The van der Waals surface area contributed by atoms with Gasteiger partial charge in [0.05, 0.1) is 18.1 Å². The molecule has 7 heteroatoms. The van der Waals surface area contributed by atoms with E-state index in [0.29, 0.717) is 12.8 Å². The summed E-state index contributed by atoms with van der Waals surface area (Å²) in [4.78, 5) is 14.0. The lowest BCUT2D eigenvalue weighted by Crippen LogP contribution is -2.40. The summed E-state index contributed by atoms with van der Waals surface area (Å²) >= 11 is 6.05. The maximum absolute atomic E-state index is 14.0. The smallest absolute Gasteiger partial charge is 0.223 e. The Hall–Kier alpha value is -1.14. The molecule has 0 bridgehead atoms. The van der Waals surface area contributed by atoms with Gasteiger partial charge in [0.2, 0.25) is 5.91 Å². The molecule has 0 spiro atoms. The van der Waals surface area contributed by atoms with Gasteiger partial charge >= 0.3 is 0 Å². The van der Waals surface area contributed by atoms with E-state index in [9.17, 15) is 17.6 Å². The molecule has 1 amide bonds. The molecule has 0 radical (unpaired) electrons. The molecule has 0 aliphatic carbocycles. The third-order valence-corrected chi connectivity index (χ3v) is 6.21. The summed E-state index contributed by atoms with van der Waals surface area (Å²) in [6.45, 7) is 1.99. The molecule has 1 aromatic carbocycles. The van der Waals surface area contributed by atoms with Crippen LogP contribution in [0.2, 0.25) is 5.02 Å². The summed E-state index contributed by atoms with van der Waals surface area (Å²) < 4.78 is 37.5. The number of hydrogen-bond donors (Lipinski definition) is 0. The first-order valence-corrected chi connectivity index (χ1v) is 9.96. The fourth-order valence-electron chi connectivity index (χ4n) is 2.77. The topological polar surface area (TPSA) is 54.5 Å². The zero-order chi connectivity index (χ0) is 17.0. The van der Waals surface area contributed by atoms with Gasteiger partial charge in [-0.05, 0) is 25.0 Å². The normalized spacial score (nSPS) is 19.7. The quantitative estimate of drug-likeness (QED) is 0.781. The van der Waals surface area contributed by atoms with Gasteiger partial charge in [-0.3, -0.25) is 4.79 Å². The van der Waals surface area contributed by atoms with Crippen LogP contribution in [-0.4, -0.2) is 36.8 Å². The number of halogens is 2. The second-order valence-corrected chi connectivity index (χ2v) is 8.52. The van der Waals surface area contributed by atoms with Crippen LogP contribution >= 0.6 is 11.6 Å². The molecule has 1 aliphatic heterocycles. The molecule has 4 nitrogen and oxygen atoms in total. The maximum Gasteiger partial charge on any atom is 0.223 e. The molecule has 1 heterocycles. The molecule has 0 unspecified atom stereocenters. The molecule has 1 atom stereocenters. The van der Waals surface area contributed by atoms with E-state index in [0.717, 1.165) is 12.8 Å². The summed E-state index contributed by atoms with van der Waals surface area (Å²) in [5.74, 6) is -0.614. The maximum atomic E-state index is 14.0. The van der Waals surface area contributed by atoms with Gasteiger partial charge in [-0.1, -0.05) is 31.0 Å². The lowest BCUT2D eigenvalue weighted by atomic mass is 10.1. The molecular weight excluding hydrogens is 341 g/mol. The number of carbonyl (C=O) groups excluding carboxylic acids is 1. The number of benzene rings is 1. The molecule has 1 aromatic rings. The number of nitrogens with zero attached hydrogens (tertiary/aromatic N) is 1. The van der Waals surface area contributed by atoms with E-state index in [4.69, 9.17) is 11.6 Å². The minimum absolute atomic E-state index is 0.00818. The van der Waals surface area contributed by atoms with Crippen molar-refractivity contribution in [1.29, 1.82) is 0 Å². The van der Waals surface area contributed by atoms with Crippen molar-refractivity contribution in [1.82, 2.24) is 4.90 Å². The second-order valence-electron chi connectivity index (χ2n) is 5.88. The highest BCUT2D eigenvalue weighted by molar-refractivity contribution is 7.91. The van der Waals surface area contributed by atoms with Gasteiger partial charge in [0.1, 0.15) is 5.82 Å². The van der Waals surface area contributed by atoms with Crippen LogP contribution in [0.4, 0.5) is 4.39 Å². The standard InChI is InChI=1S/C16H21ClFNO3S/c1-2-3-7-16(20)19(12-8-9-23(21,22)11-12)10-13-14(17)5-4-6-15(13)18/h4-6,12H,2-3,7-11H2,1H3/t12-/m0/s1. The van der Waals surface area contributed by atoms with E-state index < -0.39 is 21.7 Å². The zero-order valence-corrected chi connectivity index (χ0v) is 14.7. The predicted octanol–water partition coefficient (Wildman–Crippen LogP) is 3.19. The minimum atomic E-state index is -3.13.